The minimum atomic E-state index is -3.99. The van der Waals surface area contributed by atoms with Crippen LogP contribution in [0.15, 0.2) is 53.9 Å². The van der Waals surface area contributed by atoms with Gasteiger partial charge in [-0.1, -0.05) is 36.9 Å². The van der Waals surface area contributed by atoms with E-state index in [1.807, 2.05) is 0 Å². The van der Waals surface area contributed by atoms with E-state index >= 15 is 0 Å². The molecule has 0 saturated carbocycles. The van der Waals surface area contributed by atoms with Crippen LogP contribution in [0.1, 0.15) is 0 Å². The molecular weight excluding hydrogens is 266 g/mol. The van der Waals surface area contributed by atoms with E-state index in [4.69, 9.17) is 9.88 Å². The Morgan fingerprint density at radius 3 is 2.53 bits per heavy atom. The van der Waals surface area contributed by atoms with Gasteiger partial charge in [0.1, 0.15) is 4.90 Å². The first-order valence-corrected chi connectivity index (χ1v) is 6.87. The maximum atomic E-state index is 11.5. The third-order valence-electron chi connectivity index (χ3n) is 2.52. The predicted octanol–water partition coefficient (Wildman–Crippen LogP) is 1.58. The van der Waals surface area contributed by atoms with Crippen LogP contribution in [-0.4, -0.2) is 14.4 Å². The molecule has 0 radical (unpaired) electrons. The highest BCUT2D eigenvalue weighted by Gasteiger charge is 2.19. The Morgan fingerprint density at radius 1 is 1.21 bits per heavy atom. The Hall–Kier alpha value is -2.18. The van der Waals surface area contributed by atoms with Crippen molar-refractivity contribution in [3.05, 3.63) is 49.1 Å². The minimum absolute atomic E-state index is 0.0782. The van der Waals surface area contributed by atoms with Crippen LogP contribution in [0, 0.1) is 0 Å². The summed E-state index contributed by atoms with van der Waals surface area (Å²) in [6.45, 7) is 3.27. The van der Waals surface area contributed by atoms with E-state index in [0.717, 1.165) is 11.5 Å². The van der Waals surface area contributed by atoms with Gasteiger partial charge in [0.05, 0.1) is 0 Å². The van der Waals surface area contributed by atoms with E-state index < -0.39 is 16.0 Å². The molecule has 0 atom stereocenters. The topological polar surface area (TPSA) is 86.5 Å². The molecular formula is C13H11NO4S. The van der Waals surface area contributed by atoms with Crippen LogP contribution >= 0.6 is 0 Å². The third kappa shape index (κ3) is 2.64. The fraction of sp³-hybridized carbons (Fsp3) is 0. The highest BCUT2D eigenvalue weighted by molar-refractivity contribution is 7.89. The largest absolute Gasteiger partial charge is 0.421 e. The van der Waals surface area contributed by atoms with Crippen molar-refractivity contribution in [2.45, 2.75) is 4.90 Å². The molecule has 2 aromatic carbocycles. The van der Waals surface area contributed by atoms with Gasteiger partial charge in [0.15, 0.2) is 5.75 Å². The molecule has 0 aromatic heterocycles. The number of carbonyl (C=O) groups is 1. The zero-order chi connectivity index (χ0) is 14.0. The molecule has 2 N–H and O–H groups in total. The zero-order valence-corrected chi connectivity index (χ0v) is 10.7. The molecule has 0 fully saturated rings. The van der Waals surface area contributed by atoms with Crippen molar-refractivity contribution in [2.75, 3.05) is 0 Å². The summed E-state index contributed by atoms with van der Waals surface area (Å²) in [7, 11) is -3.99. The summed E-state index contributed by atoms with van der Waals surface area (Å²) in [5, 5.41) is 6.35. The van der Waals surface area contributed by atoms with Crippen LogP contribution in [0.5, 0.6) is 5.75 Å². The van der Waals surface area contributed by atoms with E-state index in [1.165, 1.54) is 6.07 Å². The van der Waals surface area contributed by atoms with Crippen molar-refractivity contribution < 1.29 is 17.9 Å². The van der Waals surface area contributed by atoms with E-state index in [1.54, 1.807) is 30.3 Å². The van der Waals surface area contributed by atoms with Gasteiger partial charge in [-0.25, -0.2) is 18.4 Å². The number of esters is 1. The smallest absolute Gasteiger partial charge is 0.335 e. The summed E-state index contributed by atoms with van der Waals surface area (Å²) < 4.78 is 28.1. The molecule has 0 aliphatic rings. The predicted molar refractivity (Wildman–Crippen MR) is 71.2 cm³/mol. The van der Waals surface area contributed by atoms with Crippen molar-refractivity contribution in [2.24, 2.45) is 5.14 Å². The zero-order valence-electron chi connectivity index (χ0n) is 9.87. The summed E-state index contributed by atoms with van der Waals surface area (Å²) >= 11 is 0. The van der Waals surface area contributed by atoms with E-state index in [-0.39, 0.29) is 10.6 Å². The molecule has 0 saturated heterocycles. The van der Waals surface area contributed by atoms with E-state index in [2.05, 4.69) is 6.58 Å². The first kappa shape index (κ1) is 13.3. The lowest BCUT2D eigenvalue weighted by atomic mass is 10.1. The Balaban J connectivity index is 2.79. The minimum Gasteiger partial charge on any atom is -0.421 e. The maximum absolute atomic E-state index is 11.5. The van der Waals surface area contributed by atoms with Gasteiger partial charge in [-0.15, -0.1) is 0 Å². The average Bonchev–Trinajstić information content (AvgIpc) is 2.37. The monoisotopic (exact) mass is 277 g/mol. The molecule has 98 valence electrons. The molecule has 0 amide bonds. The Labute approximate surface area is 110 Å². The Kier molecular flexibility index (Phi) is 3.37. The molecule has 0 bridgehead atoms. The molecule has 5 nitrogen and oxygen atoms in total. The first-order valence-electron chi connectivity index (χ1n) is 5.32. The second-order valence-corrected chi connectivity index (χ2v) is 5.31. The molecule has 0 spiro atoms. The molecule has 2 rings (SSSR count). The number of sulfonamides is 1. The van der Waals surface area contributed by atoms with Crippen molar-refractivity contribution >= 4 is 26.8 Å². The van der Waals surface area contributed by atoms with E-state index in [0.29, 0.717) is 5.39 Å². The number of carbonyl (C=O) groups excluding carboxylic acids is 1. The van der Waals surface area contributed by atoms with Gasteiger partial charge < -0.3 is 4.74 Å². The van der Waals surface area contributed by atoms with Crippen LogP contribution in [0.2, 0.25) is 0 Å². The summed E-state index contributed by atoms with van der Waals surface area (Å²) in [5.41, 5.74) is 0. The van der Waals surface area contributed by atoms with Crippen LogP contribution in [0.3, 0.4) is 0 Å². The Bertz CT molecular complexity index is 765. The lowest BCUT2D eigenvalue weighted by molar-refractivity contribution is -0.129. The van der Waals surface area contributed by atoms with Crippen LogP contribution in [-0.2, 0) is 14.8 Å². The average molecular weight is 277 g/mol. The number of hydrogen-bond acceptors (Lipinski definition) is 4. The number of fused-ring (bicyclic) bond motifs is 1. The second-order valence-electron chi connectivity index (χ2n) is 3.78. The first-order chi connectivity index (χ1) is 8.93. The highest BCUT2D eigenvalue weighted by atomic mass is 32.2. The number of primary sulfonamides is 1. The van der Waals surface area contributed by atoms with Gasteiger partial charge in [-0.05, 0) is 11.5 Å². The van der Waals surface area contributed by atoms with Gasteiger partial charge in [0, 0.05) is 11.5 Å². The quantitative estimate of drug-likeness (QED) is 0.524. The second kappa shape index (κ2) is 4.83. The number of hydrogen-bond donors (Lipinski definition) is 1. The van der Waals surface area contributed by atoms with Crippen molar-refractivity contribution in [3.63, 3.8) is 0 Å². The number of ether oxygens (including phenoxy) is 1. The van der Waals surface area contributed by atoms with Crippen molar-refractivity contribution in [1.29, 1.82) is 0 Å². The van der Waals surface area contributed by atoms with Crippen molar-refractivity contribution in [1.82, 2.24) is 0 Å². The summed E-state index contributed by atoms with van der Waals surface area (Å²) in [4.78, 5) is 11.1. The standard InChI is InChI=1S/C13H11NO4S/c1-2-12(15)18-13-10-6-4-3-5-9(10)7-8-11(13)19(14,16)17/h2-8H,1H2,(H2,14,16,17). The fourth-order valence-corrected chi connectivity index (χ4v) is 2.36. The molecule has 6 heteroatoms. The lowest BCUT2D eigenvalue weighted by Crippen LogP contribution is -2.15. The number of benzene rings is 2. The summed E-state index contributed by atoms with van der Waals surface area (Å²) in [6, 6.07) is 9.82. The summed E-state index contributed by atoms with van der Waals surface area (Å²) in [5.74, 6) is -0.827. The normalized spacial score (nSPS) is 11.2. The maximum Gasteiger partial charge on any atom is 0.335 e. The van der Waals surface area contributed by atoms with E-state index in [9.17, 15) is 13.2 Å². The molecule has 0 unspecified atom stereocenters. The summed E-state index contributed by atoms with van der Waals surface area (Å²) in [6.07, 6.45) is 0.953. The number of rotatable bonds is 3. The van der Waals surface area contributed by atoms with Gasteiger partial charge in [-0.2, -0.15) is 0 Å². The Morgan fingerprint density at radius 2 is 1.89 bits per heavy atom. The molecule has 19 heavy (non-hydrogen) atoms. The van der Waals surface area contributed by atoms with Crippen LogP contribution in [0.4, 0.5) is 0 Å². The third-order valence-corrected chi connectivity index (χ3v) is 3.45. The molecule has 0 aliphatic carbocycles. The molecule has 0 aliphatic heterocycles. The van der Waals surface area contributed by atoms with Gasteiger partial charge in [-0.3, -0.25) is 0 Å². The van der Waals surface area contributed by atoms with Crippen molar-refractivity contribution in [3.8, 4) is 5.75 Å². The van der Waals surface area contributed by atoms with Gasteiger partial charge >= 0.3 is 5.97 Å². The van der Waals surface area contributed by atoms with Crippen LogP contribution < -0.4 is 9.88 Å². The molecule has 0 heterocycles. The fourth-order valence-electron chi connectivity index (χ4n) is 1.69. The highest BCUT2D eigenvalue weighted by Crippen LogP contribution is 2.32. The lowest BCUT2D eigenvalue weighted by Gasteiger charge is -2.10. The SMILES string of the molecule is C=CC(=O)Oc1c(S(N)(=O)=O)ccc2ccccc12. The van der Waals surface area contributed by atoms with Gasteiger partial charge in [0.2, 0.25) is 10.0 Å². The van der Waals surface area contributed by atoms with Crippen LogP contribution in [0.25, 0.3) is 10.8 Å². The number of nitrogens with two attached hydrogens (primary N) is 1. The molecule has 2 aromatic rings. The van der Waals surface area contributed by atoms with Gasteiger partial charge in [0.25, 0.3) is 0 Å².